The maximum absolute atomic E-state index is 12.9. The molecule has 110 valence electrons. The summed E-state index contributed by atoms with van der Waals surface area (Å²) < 4.78 is 40.1. The third-order valence-corrected chi connectivity index (χ3v) is 3.03. The van der Waals surface area contributed by atoms with Gasteiger partial charge < -0.3 is 5.11 Å². The highest BCUT2D eigenvalue weighted by Crippen LogP contribution is 2.40. The molecule has 2 rings (SSSR count). The van der Waals surface area contributed by atoms with Crippen LogP contribution in [0.2, 0.25) is 0 Å². The van der Waals surface area contributed by atoms with Crippen molar-refractivity contribution in [3.8, 4) is 0 Å². The molecule has 0 aliphatic carbocycles. The fourth-order valence-electron chi connectivity index (χ4n) is 1.96. The molecule has 0 radical (unpaired) electrons. The number of carbonyl (C=O) groups excluding carboxylic acids is 1. The third kappa shape index (κ3) is 2.28. The predicted molar refractivity (Wildman–Crippen MR) is 62.5 cm³/mol. The van der Waals surface area contributed by atoms with Gasteiger partial charge in [-0.15, -0.1) is 0 Å². The molecule has 1 atom stereocenters. The van der Waals surface area contributed by atoms with Crippen LogP contribution in [-0.4, -0.2) is 43.4 Å². The minimum absolute atomic E-state index is 0.0374. The minimum atomic E-state index is -4.98. The van der Waals surface area contributed by atoms with Gasteiger partial charge in [-0.3, -0.25) is 9.48 Å². The predicted octanol–water partition coefficient (Wildman–Crippen LogP) is 1.05. The van der Waals surface area contributed by atoms with Crippen molar-refractivity contribution in [1.82, 2.24) is 14.8 Å². The van der Waals surface area contributed by atoms with Crippen LogP contribution in [0.15, 0.2) is 17.4 Å². The maximum Gasteiger partial charge on any atom is 0.438 e. The van der Waals surface area contributed by atoms with Crippen molar-refractivity contribution in [3.05, 3.63) is 18.0 Å². The molecule has 0 aromatic carbocycles. The Bertz CT molecular complexity index is 566. The van der Waals surface area contributed by atoms with Crippen LogP contribution in [0.1, 0.15) is 19.0 Å². The number of aliphatic hydroxyl groups is 1. The van der Waals surface area contributed by atoms with Gasteiger partial charge in [-0.25, -0.2) is 0 Å². The van der Waals surface area contributed by atoms with Gasteiger partial charge in [-0.1, -0.05) is 0 Å². The first-order valence-corrected chi connectivity index (χ1v) is 5.80. The lowest BCUT2D eigenvalue weighted by Crippen LogP contribution is -2.57. The highest BCUT2D eigenvalue weighted by molar-refractivity contribution is 5.89. The van der Waals surface area contributed by atoms with E-state index < -0.39 is 30.8 Å². The fourth-order valence-corrected chi connectivity index (χ4v) is 1.96. The van der Waals surface area contributed by atoms with Gasteiger partial charge in [0.15, 0.2) is 0 Å². The number of hydrazone groups is 1. The number of halogens is 3. The van der Waals surface area contributed by atoms with E-state index in [0.717, 1.165) is 0 Å². The van der Waals surface area contributed by atoms with Crippen molar-refractivity contribution in [3.63, 3.8) is 0 Å². The average molecular weight is 290 g/mol. The van der Waals surface area contributed by atoms with E-state index in [4.69, 9.17) is 0 Å². The molecule has 0 saturated heterocycles. The Balaban J connectivity index is 2.26. The molecule has 0 spiro atoms. The van der Waals surface area contributed by atoms with E-state index in [1.807, 2.05) is 0 Å². The van der Waals surface area contributed by atoms with E-state index in [-0.39, 0.29) is 10.7 Å². The van der Waals surface area contributed by atoms with Crippen molar-refractivity contribution < 1.29 is 23.1 Å². The number of aromatic nitrogens is 2. The number of carbonyl (C=O) groups is 1. The monoisotopic (exact) mass is 290 g/mol. The van der Waals surface area contributed by atoms with E-state index in [9.17, 15) is 23.1 Å². The largest absolute Gasteiger partial charge is 0.438 e. The topological polar surface area (TPSA) is 70.7 Å². The van der Waals surface area contributed by atoms with E-state index >= 15 is 0 Å². The minimum Gasteiger partial charge on any atom is -0.362 e. The van der Waals surface area contributed by atoms with E-state index in [2.05, 4.69) is 10.2 Å². The number of alkyl halides is 3. The van der Waals surface area contributed by atoms with Crippen molar-refractivity contribution >= 4 is 11.6 Å². The Labute approximate surface area is 112 Å². The summed E-state index contributed by atoms with van der Waals surface area (Å²) in [5.41, 5.74) is -2.63. The zero-order valence-corrected chi connectivity index (χ0v) is 10.8. The number of hydrogen-bond donors (Lipinski definition) is 1. The standard InChI is InChI=1S/C11H13F3N4O2/c1-7-5-10(20,11(12,13)14)18(16-7)9(19)6-17-8(2)3-4-15-17/h3-4,20H,5-6H2,1-2H3/t10-/m0/s1. The SMILES string of the molecule is CC1=NN(C(=O)Cn2nccc2C)[C@@](O)(C(F)(F)F)C1. The summed E-state index contributed by atoms with van der Waals surface area (Å²) in [4.78, 5) is 12.0. The van der Waals surface area contributed by atoms with Crippen molar-refractivity contribution in [1.29, 1.82) is 0 Å². The van der Waals surface area contributed by atoms with Crippen molar-refractivity contribution in [2.45, 2.75) is 38.7 Å². The molecule has 1 aromatic heterocycles. The second kappa shape index (κ2) is 4.58. The summed E-state index contributed by atoms with van der Waals surface area (Å²) in [6, 6.07) is 1.61. The number of nitrogens with zero attached hydrogens (tertiary/aromatic N) is 4. The lowest BCUT2D eigenvalue weighted by atomic mass is 10.1. The highest BCUT2D eigenvalue weighted by Gasteiger charge is 2.62. The first-order chi connectivity index (χ1) is 9.15. The Morgan fingerprint density at radius 1 is 1.50 bits per heavy atom. The van der Waals surface area contributed by atoms with Crippen LogP contribution in [0.5, 0.6) is 0 Å². The van der Waals surface area contributed by atoms with Crippen molar-refractivity contribution in [2.75, 3.05) is 0 Å². The van der Waals surface area contributed by atoms with Crippen LogP contribution < -0.4 is 0 Å². The van der Waals surface area contributed by atoms with Crippen molar-refractivity contribution in [2.24, 2.45) is 5.10 Å². The zero-order valence-electron chi connectivity index (χ0n) is 10.8. The molecule has 2 heterocycles. The Morgan fingerprint density at radius 2 is 2.15 bits per heavy atom. The number of hydrogen-bond acceptors (Lipinski definition) is 4. The first-order valence-electron chi connectivity index (χ1n) is 5.80. The molecule has 20 heavy (non-hydrogen) atoms. The first kappa shape index (κ1) is 14.5. The summed E-state index contributed by atoms with van der Waals surface area (Å²) in [5.74, 6) is -0.978. The normalized spacial score (nSPS) is 23.1. The Morgan fingerprint density at radius 3 is 2.65 bits per heavy atom. The summed E-state index contributed by atoms with van der Waals surface area (Å²) in [6.07, 6.45) is -4.31. The van der Waals surface area contributed by atoms with Crippen LogP contribution in [0.25, 0.3) is 0 Å². The highest BCUT2D eigenvalue weighted by atomic mass is 19.4. The second-order valence-electron chi connectivity index (χ2n) is 4.66. The van der Waals surface area contributed by atoms with Gasteiger partial charge in [0.1, 0.15) is 6.54 Å². The van der Waals surface area contributed by atoms with Gasteiger partial charge in [0.05, 0.1) is 0 Å². The molecule has 0 bridgehead atoms. The fraction of sp³-hybridized carbons (Fsp3) is 0.545. The third-order valence-electron chi connectivity index (χ3n) is 3.03. The molecule has 0 fully saturated rings. The van der Waals surface area contributed by atoms with Gasteiger partial charge in [0, 0.05) is 24.0 Å². The lowest BCUT2D eigenvalue weighted by molar-refractivity contribution is -0.302. The van der Waals surface area contributed by atoms with Crippen LogP contribution in [0, 0.1) is 6.92 Å². The summed E-state index contributed by atoms with van der Waals surface area (Å²) in [7, 11) is 0. The van der Waals surface area contributed by atoms with Gasteiger partial charge in [0.25, 0.3) is 11.6 Å². The van der Waals surface area contributed by atoms with Gasteiger partial charge in [-0.05, 0) is 19.9 Å². The molecule has 0 unspecified atom stereocenters. The van der Waals surface area contributed by atoms with E-state index in [1.54, 1.807) is 13.0 Å². The van der Waals surface area contributed by atoms with Gasteiger partial charge in [0.2, 0.25) is 0 Å². The lowest BCUT2D eigenvalue weighted by Gasteiger charge is -2.32. The van der Waals surface area contributed by atoms with Crippen LogP contribution in [0.3, 0.4) is 0 Å². The molecule has 6 nitrogen and oxygen atoms in total. The van der Waals surface area contributed by atoms with E-state index in [1.165, 1.54) is 17.8 Å². The van der Waals surface area contributed by atoms with E-state index in [0.29, 0.717) is 5.69 Å². The summed E-state index contributed by atoms with van der Waals surface area (Å²) in [5, 5.41) is 17.2. The number of amides is 1. The van der Waals surface area contributed by atoms with Gasteiger partial charge in [-0.2, -0.15) is 28.4 Å². The second-order valence-corrected chi connectivity index (χ2v) is 4.66. The van der Waals surface area contributed by atoms with Gasteiger partial charge >= 0.3 is 6.18 Å². The Hall–Kier alpha value is -1.90. The molecular weight excluding hydrogens is 277 g/mol. The number of aryl methyl sites for hydroxylation is 1. The molecule has 0 saturated carbocycles. The summed E-state index contributed by atoms with van der Waals surface area (Å²) >= 11 is 0. The Kier molecular flexibility index (Phi) is 3.32. The van der Waals surface area contributed by atoms with Crippen LogP contribution in [0.4, 0.5) is 13.2 Å². The van der Waals surface area contributed by atoms with Crippen LogP contribution in [-0.2, 0) is 11.3 Å². The molecule has 1 aliphatic heterocycles. The molecule has 1 N–H and O–H groups in total. The summed E-state index contributed by atoms with van der Waals surface area (Å²) in [6.45, 7) is 2.56. The molecular formula is C11H13F3N4O2. The molecule has 9 heteroatoms. The molecule has 1 aromatic rings. The zero-order chi connectivity index (χ0) is 15.1. The quantitative estimate of drug-likeness (QED) is 0.885. The smallest absolute Gasteiger partial charge is 0.362 e. The maximum atomic E-state index is 12.9. The number of rotatable bonds is 2. The average Bonchev–Trinajstić information content (AvgIpc) is 2.83. The molecule has 1 amide bonds. The van der Waals surface area contributed by atoms with Crippen LogP contribution >= 0.6 is 0 Å². The molecule has 1 aliphatic rings.